The fraction of sp³-hybridized carbons (Fsp3) is 0.353. The zero-order valence-corrected chi connectivity index (χ0v) is 13.7. The zero-order valence-electron chi connectivity index (χ0n) is 12.9. The number of methoxy groups -OCH3 is 1. The van der Waals surface area contributed by atoms with Gasteiger partial charge in [0.25, 0.3) is 0 Å². The van der Waals surface area contributed by atoms with Crippen molar-refractivity contribution in [2.45, 2.75) is 13.0 Å². The molecule has 0 bridgehead atoms. The lowest BCUT2D eigenvalue weighted by Gasteiger charge is -2.10. The van der Waals surface area contributed by atoms with Crippen molar-refractivity contribution in [3.63, 3.8) is 0 Å². The third kappa shape index (κ3) is 3.64. The summed E-state index contributed by atoms with van der Waals surface area (Å²) in [6, 6.07) is 11.8. The van der Waals surface area contributed by atoms with Gasteiger partial charge >= 0.3 is 0 Å². The number of ether oxygens (including phenoxy) is 1. The van der Waals surface area contributed by atoms with Crippen molar-refractivity contribution in [1.29, 1.82) is 0 Å². The number of rotatable bonds is 4. The third-order valence-corrected chi connectivity index (χ3v) is 5.95. The van der Waals surface area contributed by atoms with Gasteiger partial charge in [-0.15, -0.1) is 0 Å². The highest BCUT2D eigenvalue weighted by atomic mass is 32.2. The molecular formula is C17H19NO4S. The fourth-order valence-corrected chi connectivity index (χ4v) is 4.59. The highest BCUT2D eigenvalue weighted by Gasteiger charge is 2.32. The van der Waals surface area contributed by atoms with Crippen LogP contribution in [0.5, 0.6) is 5.75 Å². The van der Waals surface area contributed by atoms with Crippen molar-refractivity contribution in [2.75, 3.05) is 18.6 Å². The average molecular weight is 333 g/mol. The van der Waals surface area contributed by atoms with Crippen LogP contribution in [-0.4, -0.2) is 32.9 Å². The standard InChI is InChI=1S/C17H19NO4S/c1-22-16-5-4-13-8-12(2-3-14(13)9-16)10-18-17(19)15-6-7-23(20,21)11-15/h2-5,8-9,15H,6-7,10-11H2,1H3,(H,18,19)/t15-/m1/s1. The van der Waals surface area contributed by atoms with Crippen LogP contribution in [0.15, 0.2) is 36.4 Å². The van der Waals surface area contributed by atoms with Gasteiger partial charge in [0.1, 0.15) is 5.75 Å². The minimum atomic E-state index is -3.03. The van der Waals surface area contributed by atoms with E-state index in [1.807, 2.05) is 36.4 Å². The third-order valence-electron chi connectivity index (χ3n) is 4.18. The molecule has 5 nitrogen and oxygen atoms in total. The molecule has 0 aromatic heterocycles. The predicted molar refractivity (Wildman–Crippen MR) is 89.1 cm³/mol. The molecule has 0 aliphatic carbocycles. The Bertz CT molecular complexity index is 845. The predicted octanol–water partition coefficient (Wildman–Crippen LogP) is 1.90. The second-order valence-corrected chi connectivity index (χ2v) is 8.09. The number of carbonyl (C=O) groups is 1. The molecule has 1 heterocycles. The van der Waals surface area contributed by atoms with Gasteiger partial charge in [0.2, 0.25) is 5.91 Å². The molecular weight excluding hydrogens is 314 g/mol. The second kappa shape index (κ2) is 6.20. The molecule has 2 aromatic carbocycles. The van der Waals surface area contributed by atoms with Crippen LogP contribution in [0, 0.1) is 5.92 Å². The van der Waals surface area contributed by atoms with Gasteiger partial charge in [-0.25, -0.2) is 8.42 Å². The van der Waals surface area contributed by atoms with E-state index >= 15 is 0 Å². The van der Waals surface area contributed by atoms with Crippen molar-refractivity contribution >= 4 is 26.5 Å². The Morgan fingerprint density at radius 2 is 1.96 bits per heavy atom. The number of hydrogen-bond acceptors (Lipinski definition) is 4. The maximum atomic E-state index is 12.1. The van der Waals surface area contributed by atoms with E-state index in [4.69, 9.17) is 4.74 Å². The van der Waals surface area contributed by atoms with E-state index in [-0.39, 0.29) is 17.4 Å². The first kappa shape index (κ1) is 15.8. The molecule has 1 atom stereocenters. The van der Waals surface area contributed by atoms with Crippen LogP contribution >= 0.6 is 0 Å². The van der Waals surface area contributed by atoms with Crippen molar-refractivity contribution in [3.05, 3.63) is 42.0 Å². The maximum Gasteiger partial charge on any atom is 0.224 e. The van der Waals surface area contributed by atoms with Gasteiger partial charge in [-0.05, 0) is 41.0 Å². The lowest BCUT2D eigenvalue weighted by molar-refractivity contribution is -0.124. The molecule has 2 aromatic rings. The highest BCUT2D eigenvalue weighted by Crippen LogP contribution is 2.22. The van der Waals surface area contributed by atoms with Gasteiger partial charge in [0, 0.05) is 6.54 Å². The summed E-state index contributed by atoms with van der Waals surface area (Å²) in [6.07, 6.45) is 0.422. The number of sulfone groups is 1. The number of benzene rings is 2. The maximum absolute atomic E-state index is 12.1. The first-order chi connectivity index (χ1) is 11.0. The summed E-state index contributed by atoms with van der Waals surface area (Å²) in [7, 11) is -1.40. The van der Waals surface area contributed by atoms with Crippen LogP contribution in [0.2, 0.25) is 0 Å². The molecule has 1 aliphatic heterocycles. The Balaban J connectivity index is 1.66. The summed E-state index contributed by atoms with van der Waals surface area (Å²) >= 11 is 0. The van der Waals surface area contributed by atoms with Crippen molar-refractivity contribution in [3.8, 4) is 5.75 Å². The molecule has 0 unspecified atom stereocenters. The van der Waals surface area contributed by atoms with Crippen LogP contribution in [0.25, 0.3) is 10.8 Å². The van der Waals surface area contributed by atoms with Crippen LogP contribution in [0.3, 0.4) is 0 Å². The van der Waals surface area contributed by atoms with Crippen LogP contribution in [-0.2, 0) is 21.2 Å². The van der Waals surface area contributed by atoms with E-state index in [0.717, 1.165) is 22.1 Å². The molecule has 1 fully saturated rings. The fourth-order valence-electron chi connectivity index (χ4n) is 2.85. The van der Waals surface area contributed by atoms with Crippen LogP contribution in [0.1, 0.15) is 12.0 Å². The van der Waals surface area contributed by atoms with E-state index in [2.05, 4.69) is 5.32 Å². The number of hydrogen-bond donors (Lipinski definition) is 1. The van der Waals surface area contributed by atoms with Gasteiger partial charge in [0.15, 0.2) is 9.84 Å². The molecule has 3 rings (SSSR count). The van der Waals surface area contributed by atoms with E-state index in [1.54, 1.807) is 7.11 Å². The quantitative estimate of drug-likeness (QED) is 0.927. The summed E-state index contributed by atoms with van der Waals surface area (Å²) in [5.74, 6) is 0.297. The Morgan fingerprint density at radius 1 is 1.22 bits per heavy atom. The number of amides is 1. The summed E-state index contributed by atoms with van der Waals surface area (Å²) in [5.41, 5.74) is 0.983. The van der Waals surface area contributed by atoms with E-state index in [0.29, 0.717) is 13.0 Å². The van der Waals surface area contributed by atoms with Crippen molar-refractivity contribution in [1.82, 2.24) is 5.32 Å². The molecule has 6 heteroatoms. The minimum absolute atomic E-state index is 0.0314. The zero-order chi connectivity index (χ0) is 16.4. The number of fused-ring (bicyclic) bond motifs is 1. The Kier molecular flexibility index (Phi) is 4.26. The highest BCUT2D eigenvalue weighted by molar-refractivity contribution is 7.91. The van der Waals surface area contributed by atoms with E-state index in [1.165, 1.54) is 0 Å². The molecule has 23 heavy (non-hydrogen) atoms. The van der Waals surface area contributed by atoms with Crippen LogP contribution < -0.4 is 10.1 Å². The molecule has 1 amide bonds. The van der Waals surface area contributed by atoms with E-state index < -0.39 is 15.8 Å². The Hall–Kier alpha value is -2.08. The lowest BCUT2D eigenvalue weighted by atomic mass is 10.1. The molecule has 1 saturated heterocycles. The lowest BCUT2D eigenvalue weighted by Crippen LogP contribution is -2.30. The van der Waals surface area contributed by atoms with Gasteiger partial charge in [-0.2, -0.15) is 0 Å². The summed E-state index contributed by atoms with van der Waals surface area (Å²) in [6.45, 7) is 0.400. The first-order valence-electron chi connectivity index (χ1n) is 7.52. The van der Waals surface area contributed by atoms with Gasteiger partial charge in [-0.1, -0.05) is 18.2 Å². The Labute approximate surface area is 135 Å². The molecule has 0 saturated carbocycles. The monoisotopic (exact) mass is 333 g/mol. The molecule has 1 N–H and O–H groups in total. The van der Waals surface area contributed by atoms with Gasteiger partial charge < -0.3 is 10.1 Å². The first-order valence-corrected chi connectivity index (χ1v) is 9.34. The van der Waals surface area contributed by atoms with Crippen molar-refractivity contribution in [2.24, 2.45) is 5.92 Å². The summed E-state index contributed by atoms with van der Waals surface area (Å²) < 4.78 is 28.1. The largest absolute Gasteiger partial charge is 0.497 e. The molecule has 0 spiro atoms. The van der Waals surface area contributed by atoms with Gasteiger partial charge in [0.05, 0.1) is 24.5 Å². The molecule has 0 radical (unpaired) electrons. The Morgan fingerprint density at radius 3 is 2.65 bits per heavy atom. The van der Waals surface area contributed by atoms with Crippen molar-refractivity contribution < 1.29 is 17.9 Å². The van der Waals surface area contributed by atoms with Gasteiger partial charge in [-0.3, -0.25) is 4.79 Å². The molecule has 122 valence electrons. The number of carbonyl (C=O) groups excluding carboxylic acids is 1. The summed E-state index contributed by atoms with van der Waals surface area (Å²) in [5, 5.41) is 4.98. The SMILES string of the molecule is COc1ccc2cc(CNC(=O)[C@@H]3CCS(=O)(=O)C3)ccc2c1. The second-order valence-electron chi connectivity index (χ2n) is 5.87. The smallest absolute Gasteiger partial charge is 0.224 e. The van der Waals surface area contributed by atoms with E-state index in [9.17, 15) is 13.2 Å². The minimum Gasteiger partial charge on any atom is -0.497 e. The topological polar surface area (TPSA) is 72.5 Å². The molecule has 1 aliphatic rings. The number of nitrogens with one attached hydrogen (secondary N) is 1. The van der Waals surface area contributed by atoms with Crippen LogP contribution in [0.4, 0.5) is 0 Å². The normalized spacial score (nSPS) is 19.6. The average Bonchev–Trinajstić information content (AvgIpc) is 2.92. The summed E-state index contributed by atoms with van der Waals surface area (Å²) in [4.78, 5) is 12.1.